The van der Waals surface area contributed by atoms with Gasteiger partial charge in [0, 0.05) is 53.4 Å². The molecule has 1 fully saturated rings. The van der Waals surface area contributed by atoms with Crippen molar-refractivity contribution in [2.24, 2.45) is 7.05 Å². The van der Waals surface area contributed by atoms with E-state index in [2.05, 4.69) is 30.0 Å². The fourth-order valence-electron chi connectivity index (χ4n) is 2.54. The Labute approximate surface area is 130 Å². The molecule has 3 rings (SSSR count). The standard InChI is InChI=1S/C14H22N8/c1-19(2)12-8-13(16-10-15-12)22-6-4-21(5-7-22)9-14-18-17-11-20(14)3/h8,10-11H,4-7,9H2,1-3H3. The highest BCUT2D eigenvalue weighted by molar-refractivity contribution is 5.49. The van der Waals surface area contributed by atoms with Crippen LogP contribution in [0.15, 0.2) is 18.7 Å². The van der Waals surface area contributed by atoms with E-state index in [-0.39, 0.29) is 0 Å². The van der Waals surface area contributed by atoms with Gasteiger partial charge < -0.3 is 14.4 Å². The van der Waals surface area contributed by atoms with Gasteiger partial charge in [-0.2, -0.15) is 0 Å². The molecule has 0 bridgehead atoms. The summed E-state index contributed by atoms with van der Waals surface area (Å²) in [6.45, 7) is 4.75. The molecule has 0 N–H and O–H groups in total. The molecular weight excluding hydrogens is 280 g/mol. The Hall–Kier alpha value is -2.22. The van der Waals surface area contributed by atoms with Crippen molar-refractivity contribution in [3.05, 3.63) is 24.5 Å². The molecule has 0 spiro atoms. The maximum atomic E-state index is 4.40. The van der Waals surface area contributed by atoms with Gasteiger partial charge in [0.25, 0.3) is 0 Å². The number of aryl methyl sites for hydroxylation is 1. The molecule has 22 heavy (non-hydrogen) atoms. The fourth-order valence-corrected chi connectivity index (χ4v) is 2.54. The summed E-state index contributed by atoms with van der Waals surface area (Å²) in [5.74, 6) is 2.94. The quantitative estimate of drug-likeness (QED) is 0.787. The van der Waals surface area contributed by atoms with Crippen molar-refractivity contribution in [2.45, 2.75) is 6.54 Å². The van der Waals surface area contributed by atoms with E-state index >= 15 is 0 Å². The Morgan fingerprint density at radius 2 is 1.91 bits per heavy atom. The monoisotopic (exact) mass is 302 g/mol. The molecule has 118 valence electrons. The number of rotatable bonds is 4. The first-order valence-electron chi connectivity index (χ1n) is 7.43. The maximum absolute atomic E-state index is 4.40. The van der Waals surface area contributed by atoms with E-state index in [1.165, 1.54) is 0 Å². The molecule has 0 radical (unpaired) electrons. The lowest BCUT2D eigenvalue weighted by molar-refractivity contribution is 0.241. The summed E-state index contributed by atoms with van der Waals surface area (Å²) < 4.78 is 1.97. The average Bonchev–Trinajstić information content (AvgIpc) is 2.93. The van der Waals surface area contributed by atoms with Crippen LogP contribution in [0.25, 0.3) is 0 Å². The van der Waals surface area contributed by atoms with Gasteiger partial charge in [-0.15, -0.1) is 10.2 Å². The Balaban J connectivity index is 1.60. The maximum Gasteiger partial charge on any atom is 0.146 e. The van der Waals surface area contributed by atoms with Gasteiger partial charge in [0.15, 0.2) is 0 Å². The average molecular weight is 302 g/mol. The number of piperazine rings is 1. The van der Waals surface area contributed by atoms with Gasteiger partial charge in [0.1, 0.15) is 30.1 Å². The smallest absolute Gasteiger partial charge is 0.146 e. The highest BCUT2D eigenvalue weighted by atomic mass is 15.3. The first kappa shape index (κ1) is 14.7. The Morgan fingerprint density at radius 1 is 1.14 bits per heavy atom. The second-order valence-corrected chi connectivity index (χ2v) is 5.75. The lowest BCUT2D eigenvalue weighted by atomic mass is 10.3. The molecule has 0 saturated carbocycles. The molecule has 8 heteroatoms. The van der Waals surface area contributed by atoms with Crippen molar-refractivity contribution in [2.75, 3.05) is 50.1 Å². The van der Waals surface area contributed by atoms with E-state index in [0.717, 1.165) is 50.2 Å². The Morgan fingerprint density at radius 3 is 2.55 bits per heavy atom. The van der Waals surface area contributed by atoms with Gasteiger partial charge in [-0.1, -0.05) is 0 Å². The van der Waals surface area contributed by atoms with Crippen LogP contribution in [0.1, 0.15) is 5.82 Å². The predicted octanol–water partition coefficient (Wildman–Crippen LogP) is -0.00670. The van der Waals surface area contributed by atoms with Crippen LogP contribution in [0.5, 0.6) is 0 Å². The molecule has 2 aromatic rings. The molecule has 8 nitrogen and oxygen atoms in total. The highest BCUT2D eigenvalue weighted by Crippen LogP contribution is 2.18. The Bertz CT molecular complexity index is 615. The molecule has 2 aromatic heterocycles. The molecule has 1 saturated heterocycles. The molecule has 0 unspecified atom stereocenters. The number of nitrogens with zero attached hydrogens (tertiary/aromatic N) is 8. The van der Waals surface area contributed by atoms with Crippen molar-refractivity contribution in [1.29, 1.82) is 0 Å². The van der Waals surface area contributed by atoms with Crippen molar-refractivity contribution in [3.8, 4) is 0 Å². The lowest BCUT2D eigenvalue weighted by Gasteiger charge is -2.35. The van der Waals surface area contributed by atoms with E-state index in [1.807, 2.05) is 36.7 Å². The van der Waals surface area contributed by atoms with Gasteiger partial charge in [-0.25, -0.2) is 9.97 Å². The van der Waals surface area contributed by atoms with Gasteiger partial charge in [-0.3, -0.25) is 4.90 Å². The first-order valence-corrected chi connectivity index (χ1v) is 7.43. The molecule has 3 heterocycles. The van der Waals surface area contributed by atoms with E-state index in [4.69, 9.17) is 0 Å². The summed E-state index contributed by atoms with van der Waals surface area (Å²) in [6.07, 6.45) is 3.38. The minimum Gasteiger partial charge on any atom is -0.363 e. The minimum absolute atomic E-state index is 0.844. The van der Waals surface area contributed by atoms with Crippen LogP contribution in [0.4, 0.5) is 11.6 Å². The number of hydrogen-bond acceptors (Lipinski definition) is 7. The zero-order valence-corrected chi connectivity index (χ0v) is 13.3. The fraction of sp³-hybridized carbons (Fsp3) is 0.571. The summed E-state index contributed by atoms with van der Waals surface area (Å²) in [5, 5.41) is 8.08. The van der Waals surface area contributed by atoms with E-state index in [0.29, 0.717) is 0 Å². The first-order chi connectivity index (χ1) is 10.6. The molecule has 1 aliphatic heterocycles. The number of aromatic nitrogens is 5. The van der Waals surface area contributed by atoms with Gasteiger partial charge in [0.2, 0.25) is 0 Å². The van der Waals surface area contributed by atoms with E-state index in [1.54, 1.807) is 12.7 Å². The third kappa shape index (κ3) is 3.16. The van der Waals surface area contributed by atoms with E-state index < -0.39 is 0 Å². The SMILES string of the molecule is CN(C)c1cc(N2CCN(Cc3nncn3C)CC2)ncn1. The molecular formula is C14H22N8. The van der Waals surface area contributed by atoms with Crippen molar-refractivity contribution in [3.63, 3.8) is 0 Å². The van der Waals surface area contributed by atoms with Crippen molar-refractivity contribution >= 4 is 11.6 Å². The van der Waals surface area contributed by atoms with Crippen LogP contribution >= 0.6 is 0 Å². The zero-order valence-electron chi connectivity index (χ0n) is 13.3. The third-order valence-electron chi connectivity index (χ3n) is 3.96. The second kappa shape index (κ2) is 6.27. The van der Waals surface area contributed by atoms with Gasteiger partial charge in [0.05, 0.1) is 6.54 Å². The lowest BCUT2D eigenvalue weighted by Crippen LogP contribution is -2.46. The molecule has 1 aliphatic rings. The van der Waals surface area contributed by atoms with Gasteiger partial charge >= 0.3 is 0 Å². The van der Waals surface area contributed by atoms with Crippen molar-refractivity contribution < 1.29 is 0 Å². The summed E-state index contributed by atoms with van der Waals surface area (Å²) in [5.41, 5.74) is 0. The largest absolute Gasteiger partial charge is 0.363 e. The molecule has 0 aliphatic carbocycles. The second-order valence-electron chi connectivity index (χ2n) is 5.75. The topological polar surface area (TPSA) is 66.2 Å². The third-order valence-corrected chi connectivity index (χ3v) is 3.96. The van der Waals surface area contributed by atoms with E-state index in [9.17, 15) is 0 Å². The minimum atomic E-state index is 0.844. The molecule has 0 atom stereocenters. The van der Waals surface area contributed by atoms with Crippen LogP contribution in [0.2, 0.25) is 0 Å². The number of anilines is 2. The molecule has 0 amide bonds. The Kier molecular flexibility index (Phi) is 4.19. The summed E-state index contributed by atoms with van der Waals surface area (Å²) >= 11 is 0. The van der Waals surface area contributed by atoms with Crippen LogP contribution < -0.4 is 9.80 Å². The summed E-state index contributed by atoms with van der Waals surface area (Å²) in [7, 11) is 5.96. The van der Waals surface area contributed by atoms with Gasteiger partial charge in [-0.05, 0) is 0 Å². The summed E-state index contributed by atoms with van der Waals surface area (Å²) in [4.78, 5) is 15.4. The highest BCUT2D eigenvalue weighted by Gasteiger charge is 2.19. The van der Waals surface area contributed by atoms with Crippen molar-refractivity contribution in [1.82, 2.24) is 29.6 Å². The normalized spacial score (nSPS) is 16.0. The summed E-state index contributed by atoms with van der Waals surface area (Å²) in [6, 6.07) is 2.04. The number of hydrogen-bond donors (Lipinski definition) is 0. The van der Waals surface area contributed by atoms with Crippen LogP contribution in [0, 0.1) is 0 Å². The van der Waals surface area contributed by atoms with Crippen LogP contribution in [0.3, 0.4) is 0 Å². The zero-order chi connectivity index (χ0) is 15.5. The van der Waals surface area contributed by atoms with Crippen LogP contribution in [-0.4, -0.2) is 69.9 Å². The predicted molar refractivity (Wildman–Crippen MR) is 84.9 cm³/mol. The van der Waals surface area contributed by atoms with Crippen LogP contribution in [-0.2, 0) is 13.6 Å². The molecule has 0 aromatic carbocycles.